The van der Waals surface area contributed by atoms with Gasteiger partial charge in [-0.25, -0.2) is 9.78 Å². The third-order valence-electron chi connectivity index (χ3n) is 5.95. The number of urea groups is 1. The highest BCUT2D eigenvalue weighted by Crippen LogP contribution is 2.30. The van der Waals surface area contributed by atoms with Crippen molar-refractivity contribution in [3.63, 3.8) is 0 Å². The minimum absolute atomic E-state index is 0.0263. The van der Waals surface area contributed by atoms with Crippen LogP contribution in [0.25, 0.3) is 0 Å². The van der Waals surface area contributed by atoms with Crippen LogP contribution in [0.1, 0.15) is 36.2 Å². The first-order chi connectivity index (χ1) is 16.3. The number of nitrogens with zero attached hydrogens (tertiary/aromatic N) is 2. The normalized spacial score (nSPS) is 17.2. The number of amides is 3. The number of halogens is 1. The van der Waals surface area contributed by atoms with Crippen molar-refractivity contribution in [3.8, 4) is 0 Å². The summed E-state index contributed by atoms with van der Waals surface area (Å²) >= 11 is 5.83. The molecule has 1 atom stereocenters. The molecule has 1 fully saturated rings. The molecule has 0 spiro atoms. The third kappa shape index (κ3) is 6.12. The van der Waals surface area contributed by atoms with Crippen molar-refractivity contribution < 1.29 is 9.59 Å². The summed E-state index contributed by atoms with van der Waals surface area (Å²) in [5.74, 6) is 0.0717. The zero-order chi connectivity index (χ0) is 24.1. The Balaban J connectivity index is 1.33. The molecule has 0 radical (unpaired) electrons. The Kier molecular flexibility index (Phi) is 7.14. The first-order valence-electron chi connectivity index (χ1n) is 11.2. The lowest BCUT2D eigenvalue weighted by molar-refractivity contribution is 0.102. The van der Waals surface area contributed by atoms with E-state index in [1.807, 2.05) is 18.2 Å². The van der Waals surface area contributed by atoms with Crippen molar-refractivity contribution in [2.45, 2.75) is 38.4 Å². The van der Waals surface area contributed by atoms with Crippen LogP contribution in [0.2, 0.25) is 5.02 Å². The zero-order valence-corrected chi connectivity index (χ0v) is 20.0. The Bertz CT molecular complexity index is 1150. The van der Waals surface area contributed by atoms with Gasteiger partial charge in [-0.15, -0.1) is 0 Å². The fourth-order valence-corrected chi connectivity index (χ4v) is 4.33. The second kappa shape index (κ2) is 10.2. The summed E-state index contributed by atoms with van der Waals surface area (Å²) < 4.78 is 0. The van der Waals surface area contributed by atoms with E-state index in [1.165, 1.54) is 11.8 Å². The van der Waals surface area contributed by atoms with E-state index in [9.17, 15) is 9.59 Å². The third-order valence-corrected chi connectivity index (χ3v) is 6.17. The zero-order valence-electron chi connectivity index (χ0n) is 19.2. The number of aromatic nitrogens is 1. The van der Waals surface area contributed by atoms with Crippen LogP contribution in [-0.4, -0.2) is 39.9 Å². The number of likely N-dealkylation sites (tertiary alicyclic amines) is 1. The van der Waals surface area contributed by atoms with Crippen molar-refractivity contribution in [2.75, 3.05) is 17.2 Å². The highest BCUT2D eigenvalue weighted by Gasteiger charge is 2.38. The molecule has 4 rings (SSSR count). The molecule has 0 bridgehead atoms. The fourth-order valence-electron chi connectivity index (χ4n) is 4.22. The van der Waals surface area contributed by atoms with Gasteiger partial charge < -0.3 is 16.0 Å². The molecule has 8 heteroatoms. The molecule has 1 aliphatic rings. The van der Waals surface area contributed by atoms with Crippen LogP contribution in [0, 0.1) is 0 Å². The van der Waals surface area contributed by atoms with Gasteiger partial charge in [-0.2, -0.15) is 0 Å². The number of carbonyl (C=O) groups excluding carboxylic acids is 2. The summed E-state index contributed by atoms with van der Waals surface area (Å²) in [7, 11) is 0. The second-order valence-electron chi connectivity index (χ2n) is 9.07. The van der Waals surface area contributed by atoms with Crippen molar-refractivity contribution in [1.29, 1.82) is 0 Å². The van der Waals surface area contributed by atoms with Gasteiger partial charge in [0.05, 0.1) is 5.02 Å². The lowest BCUT2D eigenvalue weighted by Gasteiger charge is -2.31. The summed E-state index contributed by atoms with van der Waals surface area (Å²) in [4.78, 5) is 31.7. The SMILES string of the molecule is CC1(C)CC(NC(=O)Nc2cccc(C(=O)Nc3ccc(Cl)cn3)c2)CN1Cc1ccccc1. The van der Waals surface area contributed by atoms with Crippen LogP contribution in [0.15, 0.2) is 72.9 Å². The van der Waals surface area contributed by atoms with Crippen LogP contribution in [-0.2, 0) is 6.54 Å². The number of hydrogen-bond acceptors (Lipinski definition) is 4. The molecule has 176 valence electrons. The topological polar surface area (TPSA) is 86.4 Å². The maximum absolute atomic E-state index is 12.7. The molecule has 2 heterocycles. The van der Waals surface area contributed by atoms with Crippen LogP contribution in [0.3, 0.4) is 0 Å². The van der Waals surface area contributed by atoms with Crippen molar-refractivity contribution in [3.05, 3.63) is 89.1 Å². The average molecular weight is 478 g/mol. The van der Waals surface area contributed by atoms with Crippen LogP contribution < -0.4 is 16.0 Å². The Morgan fingerprint density at radius 1 is 1.06 bits per heavy atom. The minimum atomic E-state index is -0.326. The van der Waals surface area contributed by atoms with E-state index in [4.69, 9.17) is 11.6 Å². The average Bonchev–Trinajstić information content (AvgIpc) is 3.08. The largest absolute Gasteiger partial charge is 0.334 e. The van der Waals surface area contributed by atoms with Gasteiger partial charge in [-0.05, 0) is 56.2 Å². The quantitative estimate of drug-likeness (QED) is 0.457. The van der Waals surface area contributed by atoms with E-state index >= 15 is 0 Å². The van der Waals surface area contributed by atoms with E-state index in [0.29, 0.717) is 22.1 Å². The molecular formula is C26H28ClN5O2. The minimum Gasteiger partial charge on any atom is -0.334 e. The van der Waals surface area contributed by atoms with Gasteiger partial charge in [0.2, 0.25) is 0 Å². The molecule has 34 heavy (non-hydrogen) atoms. The first kappa shape index (κ1) is 23.7. The Morgan fingerprint density at radius 3 is 2.59 bits per heavy atom. The monoisotopic (exact) mass is 477 g/mol. The highest BCUT2D eigenvalue weighted by atomic mass is 35.5. The first-order valence-corrected chi connectivity index (χ1v) is 11.6. The molecule has 0 saturated carbocycles. The molecule has 1 saturated heterocycles. The molecule has 3 aromatic rings. The van der Waals surface area contributed by atoms with Crippen LogP contribution >= 0.6 is 11.6 Å². The number of nitrogens with one attached hydrogen (secondary N) is 3. The van der Waals surface area contributed by atoms with E-state index in [-0.39, 0.29) is 23.5 Å². The van der Waals surface area contributed by atoms with Gasteiger partial charge >= 0.3 is 6.03 Å². The summed E-state index contributed by atoms with van der Waals surface area (Å²) in [6.07, 6.45) is 2.31. The smallest absolute Gasteiger partial charge is 0.319 e. The Hall–Kier alpha value is -3.42. The summed E-state index contributed by atoms with van der Waals surface area (Å²) in [5.41, 5.74) is 2.17. The van der Waals surface area contributed by atoms with E-state index in [2.05, 4.69) is 51.8 Å². The van der Waals surface area contributed by atoms with Gasteiger partial charge in [0.1, 0.15) is 5.82 Å². The van der Waals surface area contributed by atoms with E-state index in [0.717, 1.165) is 19.5 Å². The van der Waals surface area contributed by atoms with E-state index < -0.39 is 0 Å². The molecule has 1 aromatic heterocycles. The molecular weight excluding hydrogens is 450 g/mol. The highest BCUT2D eigenvalue weighted by molar-refractivity contribution is 6.30. The maximum Gasteiger partial charge on any atom is 0.319 e. The molecule has 7 nitrogen and oxygen atoms in total. The summed E-state index contributed by atoms with van der Waals surface area (Å²) in [6.45, 7) is 6.01. The van der Waals surface area contributed by atoms with Gasteiger partial charge in [-0.3, -0.25) is 9.69 Å². The number of anilines is 2. The van der Waals surface area contributed by atoms with E-state index in [1.54, 1.807) is 36.4 Å². The molecule has 1 unspecified atom stereocenters. The number of rotatable bonds is 6. The lowest BCUT2D eigenvalue weighted by Crippen LogP contribution is -2.39. The van der Waals surface area contributed by atoms with Gasteiger partial charge in [0.25, 0.3) is 5.91 Å². The predicted molar refractivity (Wildman–Crippen MR) is 135 cm³/mol. The summed E-state index contributed by atoms with van der Waals surface area (Å²) in [6, 6.07) is 20.1. The van der Waals surface area contributed by atoms with Crippen LogP contribution in [0.5, 0.6) is 0 Å². The van der Waals surface area contributed by atoms with Crippen molar-refractivity contribution in [2.24, 2.45) is 0 Å². The molecule has 0 aliphatic carbocycles. The molecule has 3 amide bonds. The number of hydrogen-bond donors (Lipinski definition) is 3. The van der Waals surface area contributed by atoms with Crippen molar-refractivity contribution in [1.82, 2.24) is 15.2 Å². The number of carbonyl (C=O) groups is 2. The molecule has 3 N–H and O–H groups in total. The number of pyridine rings is 1. The summed E-state index contributed by atoms with van der Waals surface area (Å²) in [5, 5.41) is 9.13. The fraction of sp³-hybridized carbons (Fsp3) is 0.269. The van der Waals surface area contributed by atoms with Gasteiger partial charge in [0, 0.05) is 42.1 Å². The molecule has 2 aromatic carbocycles. The number of benzene rings is 2. The van der Waals surface area contributed by atoms with Crippen LogP contribution in [0.4, 0.5) is 16.3 Å². The molecule has 1 aliphatic heterocycles. The lowest BCUT2D eigenvalue weighted by atomic mass is 10.00. The Morgan fingerprint density at radius 2 is 1.85 bits per heavy atom. The van der Waals surface area contributed by atoms with Gasteiger partial charge in [-0.1, -0.05) is 48.0 Å². The van der Waals surface area contributed by atoms with Crippen molar-refractivity contribution >= 4 is 35.0 Å². The predicted octanol–water partition coefficient (Wildman–Crippen LogP) is 5.16. The standard InChI is InChI=1S/C26H28ClN5O2/c1-26(2)14-22(17-32(26)16-18-7-4-3-5-8-18)30-25(34)29-21-10-6-9-19(13-21)24(33)31-23-12-11-20(27)15-28-23/h3-13,15,22H,14,16-17H2,1-2H3,(H,28,31,33)(H2,29,30,34). The second-order valence-corrected chi connectivity index (χ2v) is 9.51. The maximum atomic E-state index is 12.7. The Labute approximate surface area is 204 Å². The van der Waals surface area contributed by atoms with Gasteiger partial charge in [0.15, 0.2) is 0 Å².